The first-order valence-corrected chi connectivity index (χ1v) is 2.44. The zero-order valence-corrected chi connectivity index (χ0v) is 5.34. The molecule has 0 fully saturated rings. The quantitative estimate of drug-likeness (QED) is 0.172. The number of hydrogen-bond donors (Lipinski definition) is 0. The monoisotopic (exact) mass is 170 g/mol. The maximum Gasteiger partial charge on any atom is 0.175 e. The molecule has 0 N–H and O–H groups in total. The highest BCUT2D eigenvalue weighted by Gasteiger charge is 1.86. The van der Waals surface area contributed by atoms with Gasteiger partial charge in [-0.05, 0) is 5.10 Å². The van der Waals surface area contributed by atoms with Crippen molar-refractivity contribution in [3.05, 3.63) is 26.2 Å². The maximum absolute atomic E-state index is 9.82. The van der Waals surface area contributed by atoms with E-state index in [0.717, 1.165) is 0 Å². The minimum atomic E-state index is -1.00. The lowest BCUT2D eigenvalue weighted by Crippen LogP contribution is -2.19. The minimum absolute atomic E-state index is 0.488. The van der Waals surface area contributed by atoms with Crippen molar-refractivity contribution in [3.8, 4) is 0 Å². The molecule has 12 heavy (non-hydrogen) atoms. The molecule has 0 aliphatic rings. The summed E-state index contributed by atoms with van der Waals surface area (Å²) in [6.07, 6.45) is 0. The first-order valence-electron chi connectivity index (χ1n) is 2.44. The van der Waals surface area contributed by atoms with E-state index >= 15 is 0 Å². The van der Waals surface area contributed by atoms with Crippen LogP contribution in [0.3, 0.4) is 0 Å². The molecule has 11 nitrogen and oxygen atoms in total. The summed E-state index contributed by atoms with van der Waals surface area (Å²) in [6.45, 7) is 0. The van der Waals surface area contributed by atoms with Crippen LogP contribution in [0.25, 0.3) is 10.4 Å². The van der Waals surface area contributed by atoms with Crippen LogP contribution in [0.15, 0.2) is 10.3 Å². The van der Waals surface area contributed by atoms with Gasteiger partial charge in [0.05, 0.1) is 0 Å². The van der Waals surface area contributed by atoms with E-state index in [4.69, 9.17) is 5.53 Å². The lowest BCUT2D eigenvalue weighted by Gasteiger charge is -1.92. The summed E-state index contributed by atoms with van der Waals surface area (Å²) in [7, 11) is 0. The Balaban J connectivity index is 3.24. The summed E-state index contributed by atoms with van der Waals surface area (Å²) in [6, 6.07) is 0. The lowest BCUT2D eigenvalue weighted by atomic mass is 11.2. The van der Waals surface area contributed by atoms with Crippen LogP contribution in [0.4, 0.5) is 0 Å². The average molecular weight is 170 g/mol. The number of aromatic nitrogens is 4. The highest BCUT2D eigenvalue weighted by atomic mass is 16.7. The fourth-order valence-corrected chi connectivity index (χ4v) is 0.407. The van der Waals surface area contributed by atoms with Gasteiger partial charge in [0, 0.05) is 0 Å². The molecular weight excluding hydrogens is 170 g/mol. The van der Waals surface area contributed by atoms with Crippen LogP contribution in [0.1, 0.15) is 0 Å². The van der Waals surface area contributed by atoms with E-state index in [9.17, 15) is 10.1 Å². The Hall–Kier alpha value is -2.42. The van der Waals surface area contributed by atoms with Crippen molar-refractivity contribution in [1.82, 2.24) is 20.3 Å². The van der Waals surface area contributed by atoms with Gasteiger partial charge in [-0.1, -0.05) is 0 Å². The smallest absolute Gasteiger partial charge is 0.175 e. The van der Waals surface area contributed by atoms with Gasteiger partial charge < -0.3 is 0 Å². The normalized spacial score (nSPS) is 10.8. The van der Waals surface area contributed by atoms with Crippen LogP contribution in [-0.2, 0) is 0 Å². The third kappa shape index (κ3) is 1.54. The van der Waals surface area contributed by atoms with Gasteiger partial charge >= 0.3 is 0 Å². The van der Waals surface area contributed by atoms with Gasteiger partial charge in [0.2, 0.25) is 0 Å². The van der Waals surface area contributed by atoms with Crippen molar-refractivity contribution < 1.29 is 5.03 Å². The van der Waals surface area contributed by atoms with Crippen molar-refractivity contribution in [2.45, 2.75) is 0 Å². The molecule has 1 aromatic heterocycles. The third-order valence-corrected chi connectivity index (χ3v) is 0.734. The lowest BCUT2D eigenvalue weighted by molar-refractivity contribution is -0.491. The molecule has 0 bridgehead atoms. The Morgan fingerprint density at radius 1 is 1.83 bits per heavy atom. The molecule has 0 amide bonds. The molecule has 0 atom stereocenters. The molecule has 0 aliphatic heterocycles. The largest absolute Gasteiger partial charge is 0.267 e. The standard InChI is InChI=1S/CN9O2/c2-5-7-9-1(3-6-8-9)4-10(11)12/q-1. The number of rotatable bonds is 2. The second-order valence-corrected chi connectivity index (χ2v) is 1.39. The number of nitrogens with zero attached hydrogens (tertiary/aromatic N) is 9. The Morgan fingerprint density at radius 2 is 2.58 bits per heavy atom. The van der Waals surface area contributed by atoms with Gasteiger partial charge in [-0.3, -0.25) is 4.79 Å². The predicted molar refractivity (Wildman–Crippen MR) is 30.4 cm³/mol. The SMILES string of the molecule is [N-]=[N+]=Nn1nn[n-]/c1=N/[N+](=O)[O-]. The third-order valence-electron chi connectivity index (χ3n) is 0.734. The molecule has 0 saturated heterocycles. The summed E-state index contributed by atoms with van der Waals surface area (Å²) in [5, 5.41) is 23.6. The second kappa shape index (κ2) is 3.12. The molecule has 0 aromatic carbocycles. The first kappa shape index (κ1) is 7.68. The molecule has 0 spiro atoms. The van der Waals surface area contributed by atoms with Crippen molar-refractivity contribution in [2.75, 3.05) is 0 Å². The molecule has 1 aromatic rings. The molecule has 1 rings (SSSR count). The van der Waals surface area contributed by atoms with Crippen molar-refractivity contribution in [1.29, 1.82) is 0 Å². The zero-order valence-electron chi connectivity index (χ0n) is 5.34. The van der Waals surface area contributed by atoms with Crippen LogP contribution in [0.5, 0.6) is 0 Å². The summed E-state index contributed by atoms with van der Waals surface area (Å²) in [5.74, 6) is 0. The van der Waals surface area contributed by atoms with Crippen LogP contribution in [0.2, 0.25) is 0 Å². The van der Waals surface area contributed by atoms with Crippen molar-refractivity contribution in [2.24, 2.45) is 10.3 Å². The van der Waals surface area contributed by atoms with Gasteiger partial charge in [-0.25, -0.2) is 20.4 Å². The highest BCUT2D eigenvalue weighted by molar-refractivity contribution is 4.46. The van der Waals surface area contributed by atoms with Gasteiger partial charge in [0.1, 0.15) is 5.03 Å². The summed E-state index contributed by atoms with van der Waals surface area (Å²) < 4.78 is 0. The number of nitro groups is 1. The van der Waals surface area contributed by atoms with E-state index in [0.29, 0.717) is 4.79 Å². The van der Waals surface area contributed by atoms with E-state index in [-0.39, 0.29) is 0 Å². The number of azide groups is 1. The molecule has 0 saturated carbocycles. The van der Waals surface area contributed by atoms with Crippen LogP contribution >= 0.6 is 0 Å². The fraction of sp³-hybridized carbons (Fsp3) is 0. The first-order chi connectivity index (χ1) is 5.74. The topological polar surface area (TPSA) is 149 Å². The van der Waals surface area contributed by atoms with E-state index in [2.05, 4.69) is 30.8 Å². The molecule has 62 valence electrons. The molecular formula is CN9O2-. The van der Waals surface area contributed by atoms with Gasteiger partial charge in [-0.15, -0.1) is 16.0 Å². The summed E-state index contributed by atoms with van der Waals surface area (Å²) >= 11 is 0. The van der Waals surface area contributed by atoms with Crippen LogP contribution in [0, 0.1) is 10.1 Å². The molecule has 0 unspecified atom stereocenters. The molecule has 0 radical (unpaired) electrons. The summed E-state index contributed by atoms with van der Waals surface area (Å²) in [4.78, 5) is 12.6. The van der Waals surface area contributed by atoms with E-state index in [1.165, 1.54) is 0 Å². The number of tetrazole rings is 1. The van der Waals surface area contributed by atoms with Crippen LogP contribution in [-0.4, -0.2) is 20.2 Å². The molecule has 11 heteroatoms. The van der Waals surface area contributed by atoms with Gasteiger partial charge in [0.15, 0.2) is 5.62 Å². The minimum Gasteiger partial charge on any atom is -0.267 e. The zero-order chi connectivity index (χ0) is 8.97. The maximum atomic E-state index is 9.82. The van der Waals surface area contributed by atoms with E-state index in [1.54, 1.807) is 0 Å². The fourth-order valence-electron chi connectivity index (χ4n) is 0.407. The van der Waals surface area contributed by atoms with Crippen molar-refractivity contribution in [3.63, 3.8) is 0 Å². The highest BCUT2D eigenvalue weighted by Crippen LogP contribution is 1.69. The Morgan fingerprint density at radius 3 is 3.17 bits per heavy atom. The molecule has 0 aliphatic carbocycles. The predicted octanol–water partition coefficient (Wildman–Crippen LogP) is -1.60. The summed E-state index contributed by atoms with van der Waals surface area (Å²) in [5.41, 5.74) is 7.44. The van der Waals surface area contributed by atoms with Crippen LogP contribution < -0.4 is 10.7 Å². The Kier molecular flexibility index (Phi) is 1.99. The Labute approximate surface area is 63.0 Å². The Bertz CT molecular complexity index is 389. The second-order valence-electron chi connectivity index (χ2n) is 1.39. The molecule has 1 heterocycles. The average Bonchev–Trinajstić information content (AvgIpc) is 2.37. The van der Waals surface area contributed by atoms with Gasteiger partial charge in [-0.2, -0.15) is 4.91 Å². The number of hydrogen-bond acceptors (Lipinski definition) is 5. The van der Waals surface area contributed by atoms with Crippen molar-refractivity contribution >= 4 is 0 Å². The van der Waals surface area contributed by atoms with Gasteiger partial charge in [0.25, 0.3) is 0 Å². The van der Waals surface area contributed by atoms with E-state index < -0.39 is 10.7 Å². The van der Waals surface area contributed by atoms with E-state index in [1.807, 2.05) is 0 Å².